The van der Waals surface area contributed by atoms with Gasteiger partial charge in [0.05, 0.1) is 26.4 Å². The number of rotatable bonds is 13. The van der Waals surface area contributed by atoms with Gasteiger partial charge >= 0.3 is 0 Å². The number of aldehydes is 2. The monoisotopic (exact) mass is 390 g/mol. The van der Waals surface area contributed by atoms with E-state index in [4.69, 9.17) is 18.9 Å². The van der Waals surface area contributed by atoms with E-state index >= 15 is 0 Å². The molecule has 0 bridgehead atoms. The van der Waals surface area contributed by atoms with Crippen molar-refractivity contribution in [3.05, 3.63) is 47.5 Å². The molecular weight excluding hydrogens is 368 g/mol. The van der Waals surface area contributed by atoms with Gasteiger partial charge in [0.25, 0.3) is 0 Å². The van der Waals surface area contributed by atoms with Crippen molar-refractivity contribution in [3.63, 3.8) is 0 Å². The van der Waals surface area contributed by atoms with Gasteiger partial charge in [0.2, 0.25) is 0 Å². The van der Waals surface area contributed by atoms with Crippen molar-refractivity contribution in [1.29, 1.82) is 0 Å². The van der Waals surface area contributed by atoms with Crippen molar-refractivity contribution >= 4 is 12.6 Å². The van der Waals surface area contributed by atoms with E-state index in [0.29, 0.717) is 36.9 Å². The maximum absolute atomic E-state index is 10.7. The summed E-state index contributed by atoms with van der Waals surface area (Å²) in [5.41, 5.74) is 0.825. The van der Waals surface area contributed by atoms with Crippen LogP contribution in [0.3, 0.4) is 0 Å². The Kier molecular flexibility index (Phi) is 8.77. The minimum atomic E-state index is -0.0429. The third-order valence-corrected chi connectivity index (χ3v) is 3.58. The van der Waals surface area contributed by atoms with Crippen molar-refractivity contribution in [2.45, 2.75) is 0 Å². The van der Waals surface area contributed by atoms with Gasteiger partial charge < -0.3 is 29.2 Å². The molecule has 0 aliphatic rings. The maximum atomic E-state index is 10.7. The highest BCUT2D eigenvalue weighted by atomic mass is 16.6. The van der Waals surface area contributed by atoms with E-state index in [2.05, 4.69) is 0 Å². The Labute approximate surface area is 162 Å². The molecule has 0 fully saturated rings. The minimum absolute atomic E-state index is 0.0429. The number of hydrogen-bond donors (Lipinski definition) is 2. The lowest BCUT2D eigenvalue weighted by Crippen LogP contribution is -2.13. The zero-order chi connectivity index (χ0) is 20.2. The highest BCUT2D eigenvalue weighted by molar-refractivity contribution is 5.76. The van der Waals surface area contributed by atoms with E-state index in [1.165, 1.54) is 36.4 Å². The SMILES string of the molecule is O=Cc1ccc(O)c(OCCOCCOCCOc2cc(C=O)ccc2O)c1. The number of benzene rings is 2. The first-order valence-electron chi connectivity index (χ1n) is 8.61. The molecule has 2 rings (SSSR count). The molecule has 28 heavy (non-hydrogen) atoms. The van der Waals surface area contributed by atoms with E-state index < -0.39 is 0 Å². The van der Waals surface area contributed by atoms with Crippen LogP contribution >= 0.6 is 0 Å². The molecule has 2 aromatic carbocycles. The van der Waals surface area contributed by atoms with Crippen molar-refractivity contribution in [2.75, 3.05) is 39.6 Å². The average Bonchev–Trinajstić information content (AvgIpc) is 2.71. The standard InChI is InChI=1S/C20H22O8/c21-13-15-1-3-17(23)19(11-15)27-9-7-25-5-6-26-8-10-28-20-12-16(14-22)2-4-18(20)24/h1-4,11-14,23-24H,5-10H2. The predicted molar refractivity (Wildman–Crippen MR) is 99.6 cm³/mol. The normalized spacial score (nSPS) is 10.4. The molecule has 0 aliphatic carbocycles. The van der Waals surface area contributed by atoms with Crippen LogP contribution in [-0.4, -0.2) is 62.4 Å². The first kappa shape index (κ1) is 21.2. The molecule has 8 nitrogen and oxygen atoms in total. The fraction of sp³-hybridized carbons (Fsp3) is 0.300. The zero-order valence-electron chi connectivity index (χ0n) is 15.2. The number of aromatic hydroxyl groups is 2. The second kappa shape index (κ2) is 11.6. The topological polar surface area (TPSA) is 112 Å². The molecule has 0 aliphatic heterocycles. The number of carbonyl (C=O) groups excluding carboxylic acids is 2. The van der Waals surface area contributed by atoms with Crippen LogP contribution in [0.5, 0.6) is 23.0 Å². The number of ether oxygens (including phenoxy) is 4. The lowest BCUT2D eigenvalue weighted by molar-refractivity contribution is 0.0269. The molecule has 0 aromatic heterocycles. The van der Waals surface area contributed by atoms with Gasteiger partial charge in [0.15, 0.2) is 23.0 Å². The fourth-order valence-corrected chi connectivity index (χ4v) is 2.18. The molecule has 2 aromatic rings. The molecule has 0 heterocycles. The van der Waals surface area contributed by atoms with Crippen LogP contribution < -0.4 is 9.47 Å². The Hall–Kier alpha value is -3.10. The molecule has 150 valence electrons. The number of phenolic OH excluding ortho intramolecular Hbond substituents is 2. The van der Waals surface area contributed by atoms with Crippen molar-refractivity contribution in [3.8, 4) is 23.0 Å². The largest absolute Gasteiger partial charge is 0.504 e. The van der Waals surface area contributed by atoms with Gasteiger partial charge in [-0.25, -0.2) is 0 Å². The van der Waals surface area contributed by atoms with Crippen LogP contribution in [0, 0.1) is 0 Å². The van der Waals surface area contributed by atoms with Crippen molar-refractivity contribution in [1.82, 2.24) is 0 Å². The minimum Gasteiger partial charge on any atom is -0.504 e. The quantitative estimate of drug-likeness (QED) is 0.396. The Morgan fingerprint density at radius 1 is 0.643 bits per heavy atom. The molecule has 0 spiro atoms. The third kappa shape index (κ3) is 6.90. The zero-order valence-corrected chi connectivity index (χ0v) is 15.2. The summed E-state index contributed by atoms with van der Waals surface area (Å²) in [7, 11) is 0. The summed E-state index contributed by atoms with van der Waals surface area (Å²) < 4.78 is 21.4. The highest BCUT2D eigenvalue weighted by Gasteiger charge is 2.05. The summed E-state index contributed by atoms with van der Waals surface area (Å²) in [5, 5.41) is 19.3. The molecule has 0 amide bonds. The Morgan fingerprint density at radius 2 is 1.04 bits per heavy atom. The molecular formula is C20H22O8. The number of phenols is 2. The van der Waals surface area contributed by atoms with E-state index in [1.807, 2.05) is 0 Å². The Bertz CT molecular complexity index is 709. The van der Waals surface area contributed by atoms with Crippen LogP contribution in [0.15, 0.2) is 36.4 Å². The summed E-state index contributed by atoms with van der Waals surface area (Å²) in [6, 6.07) is 8.68. The van der Waals surface area contributed by atoms with Crippen LogP contribution in [0.1, 0.15) is 20.7 Å². The Morgan fingerprint density at radius 3 is 1.43 bits per heavy atom. The second-order valence-electron chi connectivity index (χ2n) is 5.61. The first-order valence-corrected chi connectivity index (χ1v) is 8.61. The van der Waals surface area contributed by atoms with Gasteiger partial charge in [-0.05, 0) is 36.4 Å². The van der Waals surface area contributed by atoms with Gasteiger partial charge in [-0.15, -0.1) is 0 Å². The van der Waals surface area contributed by atoms with Gasteiger partial charge in [-0.3, -0.25) is 9.59 Å². The van der Waals surface area contributed by atoms with Crippen molar-refractivity contribution < 1.29 is 38.7 Å². The summed E-state index contributed by atoms with van der Waals surface area (Å²) in [6.07, 6.45) is 1.34. The van der Waals surface area contributed by atoms with Gasteiger partial charge in [-0.1, -0.05) is 0 Å². The molecule has 0 saturated heterocycles. The average molecular weight is 390 g/mol. The van der Waals surface area contributed by atoms with E-state index in [-0.39, 0.29) is 49.4 Å². The predicted octanol–water partition coefficient (Wildman–Crippen LogP) is 2.21. The summed E-state index contributed by atoms with van der Waals surface area (Å²) >= 11 is 0. The van der Waals surface area contributed by atoms with E-state index in [1.54, 1.807) is 0 Å². The van der Waals surface area contributed by atoms with Crippen LogP contribution in [-0.2, 0) is 9.47 Å². The van der Waals surface area contributed by atoms with Gasteiger partial charge in [-0.2, -0.15) is 0 Å². The molecule has 0 unspecified atom stereocenters. The number of hydrogen-bond acceptors (Lipinski definition) is 8. The van der Waals surface area contributed by atoms with Gasteiger partial charge in [0, 0.05) is 11.1 Å². The van der Waals surface area contributed by atoms with Crippen LogP contribution in [0.25, 0.3) is 0 Å². The maximum Gasteiger partial charge on any atom is 0.161 e. The highest BCUT2D eigenvalue weighted by Crippen LogP contribution is 2.26. The lowest BCUT2D eigenvalue weighted by Gasteiger charge is -2.10. The smallest absolute Gasteiger partial charge is 0.161 e. The lowest BCUT2D eigenvalue weighted by atomic mass is 10.2. The molecule has 0 saturated carbocycles. The van der Waals surface area contributed by atoms with Crippen LogP contribution in [0.4, 0.5) is 0 Å². The first-order chi connectivity index (χ1) is 13.6. The third-order valence-electron chi connectivity index (χ3n) is 3.58. The molecule has 0 radical (unpaired) electrons. The number of carbonyl (C=O) groups is 2. The fourth-order valence-electron chi connectivity index (χ4n) is 2.18. The van der Waals surface area contributed by atoms with Gasteiger partial charge in [0.1, 0.15) is 25.8 Å². The molecule has 0 atom stereocenters. The summed E-state index contributed by atoms with van der Waals surface area (Å²) in [5.74, 6) is 0.365. The summed E-state index contributed by atoms with van der Waals surface area (Å²) in [6.45, 7) is 1.69. The van der Waals surface area contributed by atoms with E-state index in [0.717, 1.165) is 0 Å². The molecule has 8 heteroatoms. The van der Waals surface area contributed by atoms with E-state index in [9.17, 15) is 19.8 Å². The second-order valence-corrected chi connectivity index (χ2v) is 5.61. The Balaban J connectivity index is 1.52. The van der Waals surface area contributed by atoms with Crippen molar-refractivity contribution in [2.24, 2.45) is 0 Å². The summed E-state index contributed by atoms with van der Waals surface area (Å²) in [4.78, 5) is 21.4. The molecule has 2 N–H and O–H groups in total. The van der Waals surface area contributed by atoms with Crippen LogP contribution in [0.2, 0.25) is 0 Å².